The third-order valence-corrected chi connectivity index (χ3v) is 5.21. The molecular formula is C10H5Cl2F2NO2S2. The predicted octanol–water partition coefficient (Wildman–Crippen LogP) is 4.13. The van der Waals surface area contributed by atoms with Crippen LogP contribution in [0.1, 0.15) is 0 Å². The lowest BCUT2D eigenvalue weighted by Gasteiger charge is -2.07. The van der Waals surface area contributed by atoms with Gasteiger partial charge in [-0.25, -0.2) is 17.2 Å². The van der Waals surface area contributed by atoms with Crippen molar-refractivity contribution in [3.05, 3.63) is 44.6 Å². The lowest BCUT2D eigenvalue weighted by Crippen LogP contribution is -2.13. The fraction of sp³-hybridized carbons (Fsp3) is 0. The van der Waals surface area contributed by atoms with Gasteiger partial charge in [-0.1, -0.05) is 23.2 Å². The van der Waals surface area contributed by atoms with Crippen molar-refractivity contribution in [1.29, 1.82) is 0 Å². The molecule has 0 saturated heterocycles. The molecule has 0 atom stereocenters. The minimum absolute atomic E-state index is 0.0416. The minimum atomic E-state index is -4.08. The molecule has 3 nitrogen and oxygen atoms in total. The second kappa shape index (κ2) is 5.24. The Hall–Kier alpha value is -0.890. The van der Waals surface area contributed by atoms with E-state index in [-0.39, 0.29) is 19.3 Å². The second-order valence-electron chi connectivity index (χ2n) is 3.42. The zero-order valence-electron chi connectivity index (χ0n) is 8.95. The van der Waals surface area contributed by atoms with E-state index < -0.39 is 21.7 Å². The van der Waals surface area contributed by atoms with Crippen molar-refractivity contribution in [2.75, 3.05) is 4.72 Å². The summed E-state index contributed by atoms with van der Waals surface area (Å²) in [6, 6.07) is 3.63. The highest BCUT2D eigenvalue weighted by Gasteiger charge is 2.22. The van der Waals surface area contributed by atoms with Gasteiger partial charge in [-0.2, -0.15) is 0 Å². The first-order valence-corrected chi connectivity index (χ1v) is 7.78. The van der Waals surface area contributed by atoms with Gasteiger partial charge in [0.1, 0.15) is 20.9 Å². The van der Waals surface area contributed by atoms with Gasteiger partial charge in [0.15, 0.2) is 0 Å². The summed E-state index contributed by atoms with van der Waals surface area (Å²) in [4.78, 5) is -0.257. The van der Waals surface area contributed by atoms with Crippen LogP contribution in [0.5, 0.6) is 0 Å². The first-order valence-electron chi connectivity index (χ1n) is 4.72. The van der Waals surface area contributed by atoms with E-state index in [1.54, 1.807) is 0 Å². The van der Waals surface area contributed by atoms with Crippen molar-refractivity contribution in [2.24, 2.45) is 0 Å². The van der Waals surface area contributed by atoms with Crippen molar-refractivity contribution in [2.45, 2.75) is 4.90 Å². The number of rotatable bonds is 3. The minimum Gasteiger partial charge on any atom is -0.277 e. The molecule has 0 aliphatic carbocycles. The summed E-state index contributed by atoms with van der Waals surface area (Å²) in [5.74, 6) is -1.84. The van der Waals surface area contributed by atoms with Gasteiger partial charge in [-0.05, 0) is 18.2 Å². The van der Waals surface area contributed by atoms with Crippen molar-refractivity contribution >= 4 is 50.2 Å². The number of nitrogens with one attached hydrogen (secondary N) is 1. The lowest BCUT2D eigenvalue weighted by molar-refractivity contribution is 0.583. The molecule has 9 heteroatoms. The monoisotopic (exact) mass is 343 g/mol. The molecule has 2 rings (SSSR count). The molecule has 1 aromatic carbocycles. The van der Waals surface area contributed by atoms with E-state index >= 15 is 0 Å². The summed E-state index contributed by atoms with van der Waals surface area (Å²) in [5.41, 5.74) is -0.375. The van der Waals surface area contributed by atoms with Crippen molar-refractivity contribution in [3.63, 3.8) is 0 Å². The quantitative estimate of drug-likeness (QED) is 0.910. The van der Waals surface area contributed by atoms with E-state index in [9.17, 15) is 17.2 Å². The lowest BCUT2D eigenvalue weighted by atomic mass is 10.3. The van der Waals surface area contributed by atoms with Crippen LogP contribution in [0.3, 0.4) is 0 Å². The molecule has 0 saturated carbocycles. The Bertz CT molecular complexity index is 731. The third kappa shape index (κ3) is 3.17. The van der Waals surface area contributed by atoms with Gasteiger partial charge >= 0.3 is 0 Å². The van der Waals surface area contributed by atoms with Crippen LogP contribution in [0, 0.1) is 11.6 Å². The van der Waals surface area contributed by atoms with E-state index in [4.69, 9.17) is 23.2 Å². The molecule has 2 aromatic rings. The number of hydrogen-bond donors (Lipinski definition) is 1. The summed E-state index contributed by atoms with van der Waals surface area (Å²) >= 11 is 12.2. The maximum atomic E-state index is 13.4. The average molecular weight is 344 g/mol. The maximum absolute atomic E-state index is 13.4. The Kier molecular flexibility index (Phi) is 4.00. The van der Waals surface area contributed by atoms with E-state index in [1.807, 2.05) is 4.72 Å². The van der Waals surface area contributed by atoms with Crippen LogP contribution in [0.2, 0.25) is 8.67 Å². The summed E-state index contributed by atoms with van der Waals surface area (Å²) in [6.45, 7) is 0. The average Bonchev–Trinajstić information content (AvgIpc) is 2.63. The molecule has 0 spiro atoms. The summed E-state index contributed by atoms with van der Waals surface area (Å²) in [6.07, 6.45) is 0. The Morgan fingerprint density at radius 3 is 2.37 bits per heavy atom. The summed E-state index contributed by atoms with van der Waals surface area (Å²) in [7, 11) is -4.08. The Morgan fingerprint density at radius 2 is 1.84 bits per heavy atom. The fourth-order valence-corrected chi connectivity index (χ4v) is 4.50. The molecule has 1 aromatic heterocycles. The molecular weight excluding hydrogens is 339 g/mol. The summed E-state index contributed by atoms with van der Waals surface area (Å²) in [5, 5.41) is 0. The standard InChI is InChI=1S/C10H5Cl2F2NO2S2/c11-9-4-8(10(12)18-9)19(16,17)15-7-2-1-5(13)3-6(7)14/h1-4,15H. The topological polar surface area (TPSA) is 46.2 Å². The van der Waals surface area contributed by atoms with Crippen LogP contribution >= 0.6 is 34.5 Å². The number of benzene rings is 1. The van der Waals surface area contributed by atoms with Crippen molar-refractivity contribution in [1.82, 2.24) is 0 Å². The van der Waals surface area contributed by atoms with E-state index in [0.717, 1.165) is 29.5 Å². The molecule has 0 amide bonds. The number of hydrogen-bond acceptors (Lipinski definition) is 3. The second-order valence-corrected chi connectivity index (χ2v) is 7.35. The normalized spacial score (nSPS) is 11.6. The number of thiophene rings is 1. The smallest absolute Gasteiger partial charge is 0.264 e. The fourth-order valence-electron chi connectivity index (χ4n) is 1.28. The van der Waals surface area contributed by atoms with Crippen LogP contribution in [-0.4, -0.2) is 8.42 Å². The van der Waals surface area contributed by atoms with Gasteiger partial charge in [-0.15, -0.1) is 11.3 Å². The maximum Gasteiger partial charge on any atom is 0.264 e. The Balaban J connectivity index is 2.39. The number of sulfonamides is 1. The molecule has 0 bridgehead atoms. The summed E-state index contributed by atoms with van der Waals surface area (Å²) < 4.78 is 52.1. The molecule has 102 valence electrons. The molecule has 0 fully saturated rings. The Labute approximate surface area is 121 Å². The van der Waals surface area contributed by atoms with Gasteiger partial charge in [0.05, 0.1) is 10.0 Å². The van der Waals surface area contributed by atoms with E-state index in [1.165, 1.54) is 0 Å². The molecule has 0 radical (unpaired) electrons. The van der Waals surface area contributed by atoms with Crippen LogP contribution in [0.4, 0.5) is 14.5 Å². The molecule has 1 N–H and O–H groups in total. The van der Waals surface area contributed by atoms with Crippen LogP contribution in [0.25, 0.3) is 0 Å². The first kappa shape index (κ1) is 14.5. The molecule has 1 heterocycles. The molecule has 0 unspecified atom stereocenters. The zero-order valence-corrected chi connectivity index (χ0v) is 12.1. The van der Waals surface area contributed by atoms with E-state index in [0.29, 0.717) is 6.07 Å². The van der Waals surface area contributed by atoms with E-state index in [2.05, 4.69) is 0 Å². The highest BCUT2D eigenvalue weighted by Crippen LogP contribution is 2.35. The number of anilines is 1. The first-order chi connectivity index (χ1) is 8.79. The van der Waals surface area contributed by atoms with Crippen molar-refractivity contribution < 1.29 is 17.2 Å². The van der Waals surface area contributed by atoms with Gasteiger partial charge in [0.25, 0.3) is 10.0 Å². The predicted molar refractivity (Wildman–Crippen MR) is 71.5 cm³/mol. The van der Waals surface area contributed by atoms with Gasteiger partial charge in [0, 0.05) is 6.07 Å². The SMILES string of the molecule is O=S(=O)(Nc1ccc(F)cc1F)c1cc(Cl)sc1Cl. The van der Waals surface area contributed by atoms with Gasteiger partial charge < -0.3 is 0 Å². The van der Waals surface area contributed by atoms with Crippen LogP contribution in [0.15, 0.2) is 29.2 Å². The third-order valence-electron chi connectivity index (χ3n) is 2.09. The Morgan fingerprint density at radius 1 is 1.16 bits per heavy atom. The van der Waals surface area contributed by atoms with Gasteiger partial charge in [-0.3, -0.25) is 4.72 Å². The molecule has 0 aliphatic heterocycles. The zero-order chi connectivity index (χ0) is 14.2. The highest BCUT2D eigenvalue weighted by molar-refractivity contribution is 7.93. The van der Waals surface area contributed by atoms with Crippen LogP contribution < -0.4 is 4.72 Å². The number of halogens is 4. The molecule has 0 aliphatic rings. The van der Waals surface area contributed by atoms with Crippen molar-refractivity contribution in [3.8, 4) is 0 Å². The highest BCUT2D eigenvalue weighted by atomic mass is 35.5. The largest absolute Gasteiger partial charge is 0.277 e. The molecule has 19 heavy (non-hydrogen) atoms. The van der Waals surface area contributed by atoms with Crippen LogP contribution in [-0.2, 0) is 10.0 Å². The van der Waals surface area contributed by atoms with Gasteiger partial charge in [0.2, 0.25) is 0 Å².